The molecule has 0 bridgehead atoms. The van der Waals surface area contributed by atoms with E-state index in [1.54, 1.807) is 0 Å². The van der Waals surface area contributed by atoms with Crippen molar-refractivity contribution >= 4 is 17.1 Å². The summed E-state index contributed by atoms with van der Waals surface area (Å²) in [6, 6.07) is 2.15. The van der Waals surface area contributed by atoms with Crippen LogP contribution < -0.4 is 0 Å². The summed E-state index contributed by atoms with van der Waals surface area (Å²) in [6.07, 6.45) is 18.2. The summed E-state index contributed by atoms with van der Waals surface area (Å²) in [5.41, 5.74) is 7.55. The van der Waals surface area contributed by atoms with Gasteiger partial charge in [0.25, 0.3) is 5.91 Å². The highest BCUT2D eigenvalue weighted by Crippen LogP contribution is 2.54. The highest BCUT2D eigenvalue weighted by molar-refractivity contribution is 6.02. The zero-order valence-electron chi connectivity index (χ0n) is 19.1. The predicted molar refractivity (Wildman–Crippen MR) is 127 cm³/mol. The van der Waals surface area contributed by atoms with Crippen molar-refractivity contribution in [1.82, 2.24) is 19.2 Å². The zero-order chi connectivity index (χ0) is 22.0. The van der Waals surface area contributed by atoms with Crippen molar-refractivity contribution in [2.24, 2.45) is 5.92 Å². The first-order chi connectivity index (χ1) is 15.5. The molecule has 1 saturated carbocycles. The molecule has 1 amide bonds. The fraction of sp³-hybridized carbons (Fsp3) is 0.407. The van der Waals surface area contributed by atoms with Gasteiger partial charge in [0.05, 0.1) is 11.2 Å². The van der Waals surface area contributed by atoms with Crippen molar-refractivity contribution in [2.45, 2.75) is 45.6 Å². The van der Waals surface area contributed by atoms with Crippen molar-refractivity contribution in [1.29, 1.82) is 0 Å². The number of carbonyl (C=O) groups is 1. The van der Waals surface area contributed by atoms with Crippen LogP contribution in [0.25, 0.3) is 11.2 Å². The SMILES string of the molecule is CCN1CCC(C2=CN3C(=O)C=C(c4cc(C)c5nc(C)cn5c4)C=C4CC43C=C2)CC1. The van der Waals surface area contributed by atoms with Crippen LogP contribution in [-0.2, 0) is 4.79 Å². The van der Waals surface area contributed by atoms with Gasteiger partial charge in [-0.25, -0.2) is 4.98 Å². The Hall–Kier alpha value is -2.92. The van der Waals surface area contributed by atoms with Gasteiger partial charge in [0, 0.05) is 31.1 Å². The summed E-state index contributed by atoms with van der Waals surface area (Å²) >= 11 is 0. The second-order valence-electron chi connectivity index (χ2n) is 9.77. The maximum absolute atomic E-state index is 13.5. The summed E-state index contributed by atoms with van der Waals surface area (Å²) < 4.78 is 2.07. The number of carbonyl (C=O) groups excluding carboxylic acids is 1. The minimum absolute atomic E-state index is 0.0798. The third-order valence-corrected chi connectivity index (χ3v) is 7.69. The smallest absolute Gasteiger partial charge is 0.252 e. The summed E-state index contributed by atoms with van der Waals surface area (Å²) in [5.74, 6) is 0.628. The Morgan fingerprint density at radius 1 is 1.16 bits per heavy atom. The van der Waals surface area contributed by atoms with E-state index in [0.29, 0.717) is 5.92 Å². The predicted octanol–water partition coefficient (Wildman–Crippen LogP) is 4.43. The lowest BCUT2D eigenvalue weighted by atomic mass is 9.87. The molecule has 1 spiro atoms. The van der Waals surface area contributed by atoms with Crippen LogP contribution in [0.1, 0.15) is 43.0 Å². The van der Waals surface area contributed by atoms with Gasteiger partial charge in [0.2, 0.25) is 0 Å². The minimum Gasteiger partial charge on any atom is -0.306 e. The molecule has 0 N–H and O–H groups in total. The van der Waals surface area contributed by atoms with E-state index in [1.165, 1.54) is 24.0 Å². The fourth-order valence-corrected chi connectivity index (χ4v) is 5.68. The molecule has 6 rings (SSSR count). The van der Waals surface area contributed by atoms with E-state index in [2.05, 4.69) is 64.8 Å². The number of amides is 1. The Morgan fingerprint density at radius 3 is 2.75 bits per heavy atom. The molecule has 1 atom stereocenters. The van der Waals surface area contributed by atoms with Gasteiger partial charge in [-0.3, -0.25) is 4.79 Å². The molecule has 0 radical (unpaired) electrons. The maximum atomic E-state index is 13.5. The molecule has 5 heterocycles. The number of nitrogens with zero attached hydrogens (tertiary/aromatic N) is 4. The number of imidazole rings is 1. The number of aromatic nitrogens is 2. The number of allylic oxidation sites excluding steroid dienone is 4. The average molecular weight is 427 g/mol. The number of piperidine rings is 1. The highest BCUT2D eigenvalue weighted by atomic mass is 16.2. The molecule has 5 nitrogen and oxygen atoms in total. The van der Waals surface area contributed by atoms with Crippen LogP contribution in [0.5, 0.6) is 0 Å². The van der Waals surface area contributed by atoms with E-state index < -0.39 is 0 Å². The quantitative estimate of drug-likeness (QED) is 0.729. The molecule has 4 aliphatic rings. The van der Waals surface area contributed by atoms with Crippen LogP contribution in [0.4, 0.5) is 0 Å². The summed E-state index contributed by atoms with van der Waals surface area (Å²) in [6.45, 7) is 9.75. The van der Waals surface area contributed by atoms with Gasteiger partial charge in [-0.05, 0) is 86.2 Å². The molecule has 1 saturated heterocycles. The Bertz CT molecular complexity index is 1250. The van der Waals surface area contributed by atoms with Crippen molar-refractivity contribution in [2.75, 3.05) is 19.6 Å². The van der Waals surface area contributed by atoms with Crippen molar-refractivity contribution < 1.29 is 4.79 Å². The lowest BCUT2D eigenvalue weighted by molar-refractivity contribution is -0.125. The molecule has 2 fully saturated rings. The largest absolute Gasteiger partial charge is 0.306 e. The number of aryl methyl sites for hydroxylation is 2. The van der Waals surface area contributed by atoms with Gasteiger partial charge in [-0.1, -0.05) is 25.2 Å². The van der Waals surface area contributed by atoms with E-state index in [0.717, 1.165) is 54.1 Å². The molecule has 0 aromatic carbocycles. The van der Waals surface area contributed by atoms with Crippen molar-refractivity contribution in [3.63, 3.8) is 0 Å². The van der Waals surface area contributed by atoms with Gasteiger partial charge < -0.3 is 14.2 Å². The second kappa shape index (κ2) is 7.04. The number of fused-ring (bicyclic) bond motifs is 1. The molecule has 2 aromatic rings. The summed E-state index contributed by atoms with van der Waals surface area (Å²) in [7, 11) is 0. The monoisotopic (exact) mass is 426 g/mol. The van der Waals surface area contributed by atoms with E-state index in [9.17, 15) is 4.79 Å². The molecule has 3 aliphatic heterocycles. The van der Waals surface area contributed by atoms with E-state index in [-0.39, 0.29) is 11.4 Å². The van der Waals surface area contributed by atoms with Gasteiger partial charge in [-0.2, -0.15) is 0 Å². The number of hydrogen-bond donors (Lipinski definition) is 0. The normalized spacial score (nSPS) is 25.8. The van der Waals surface area contributed by atoms with Crippen LogP contribution >= 0.6 is 0 Å². The van der Waals surface area contributed by atoms with Gasteiger partial charge in [0.15, 0.2) is 0 Å². The number of likely N-dealkylation sites (tertiary alicyclic amines) is 1. The topological polar surface area (TPSA) is 40.8 Å². The van der Waals surface area contributed by atoms with Crippen LogP contribution in [-0.4, -0.2) is 50.3 Å². The number of rotatable bonds is 3. The lowest BCUT2D eigenvalue weighted by Crippen LogP contribution is -2.39. The average Bonchev–Trinajstić information content (AvgIpc) is 3.34. The second-order valence-corrected chi connectivity index (χ2v) is 9.77. The van der Waals surface area contributed by atoms with Crippen molar-refractivity contribution in [3.8, 4) is 0 Å². The Kier molecular flexibility index (Phi) is 4.34. The molecule has 164 valence electrons. The Balaban J connectivity index is 1.33. The van der Waals surface area contributed by atoms with E-state index in [1.807, 2.05) is 24.1 Å². The lowest BCUT2D eigenvalue weighted by Gasteiger charge is -2.35. The van der Waals surface area contributed by atoms with E-state index in [4.69, 9.17) is 0 Å². The van der Waals surface area contributed by atoms with Gasteiger partial charge in [-0.15, -0.1) is 0 Å². The molecular weight excluding hydrogens is 396 g/mol. The minimum atomic E-state index is -0.242. The molecule has 5 heteroatoms. The van der Waals surface area contributed by atoms with Crippen LogP contribution in [0, 0.1) is 19.8 Å². The molecule has 1 aliphatic carbocycles. The first-order valence-electron chi connectivity index (χ1n) is 11.8. The van der Waals surface area contributed by atoms with Gasteiger partial charge >= 0.3 is 0 Å². The van der Waals surface area contributed by atoms with Crippen LogP contribution in [0.15, 0.2) is 60.1 Å². The highest BCUT2D eigenvalue weighted by Gasteiger charge is 2.55. The van der Waals surface area contributed by atoms with Crippen molar-refractivity contribution in [3.05, 3.63) is 76.9 Å². The summed E-state index contributed by atoms with van der Waals surface area (Å²) in [4.78, 5) is 22.6. The molecular formula is C27H30N4O. The molecule has 1 unspecified atom stereocenters. The third-order valence-electron chi connectivity index (χ3n) is 7.69. The first kappa shape index (κ1) is 19.7. The van der Waals surface area contributed by atoms with Crippen LogP contribution in [0.2, 0.25) is 0 Å². The Labute approximate surface area is 189 Å². The first-order valence-corrected chi connectivity index (χ1v) is 11.8. The zero-order valence-corrected chi connectivity index (χ0v) is 19.1. The maximum Gasteiger partial charge on any atom is 0.252 e. The third kappa shape index (κ3) is 3.02. The number of pyridine rings is 1. The Morgan fingerprint density at radius 2 is 1.97 bits per heavy atom. The fourth-order valence-electron chi connectivity index (χ4n) is 5.68. The van der Waals surface area contributed by atoms with Crippen LogP contribution in [0.3, 0.4) is 0 Å². The molecule has 2 aromatic heterocycles. The standard InChI is InChI=1S/C27H30N4O/c1-4-29-9-6-20(7-10-29)21-5-8-27-14-24(27)12-22(13-25(32)31(27)17-21)23-11-18(2)26-28-19(3)15-30(26)16-23/h5,8,11-13,15-17,20H,4,6-7,9-10,14H2,1-3H3. The van der Waals surface area contributed by atoms with E-state index >= 15 is 0 Å². The van der Waals surface area contributed by atoms with Gasteiger partial charge in [0.1, 0.15) is 5.65 Å². The summed E-state index contributed by atoms with van der Waals surface area (Å²) in [5, 5.41) is 0. The number of hydrogen-bond acceptors (Lipinski definition) is 3. The molecule has 32 heavy (non-hydrogen) atoms.